The molecule has 2 aromatic carbocycles. The van der Waals surface area contributed by atoms with Crippen molar-refractivity contribution in [1.82, 2.24) is 0 Å². The van der Waals surface area contributed by atoms with Crippen molar-refractivity contribution in [3.05, 3.63) is 76.1 Å². The highest BCUT2D eigenvalue weighted by molar-refractivity contribution is 7.15. The summed E-state index contributed by atoms with van der Waals surface area (Å²) >= 11 is 7.35. The lowest BCUT2D eigenvalue weighted by Gasteiger charge is -2.14. The smallest absolute Gasteiger partial charge is 0.159 e. The molecule has 1 aromatic heterocycles. The summed E-state index contributed by atoms with van der Waals surface area (Å²) in [6, 6.07) is 16.6. The molecule has 192 valence electrons. The number of methoxy groups -OCH3 is 1. The van der Waals surface area contributed by atoms with Crippen molar-refractivity contribution in [3.8, 4) is 11.1 Å². The SMILES string of the molecule is CC.CNc1scc(-c2ccc(Cl)cc2)c1C=O.COC(C)(C)C.O=CC(F)Cc1ccccc1. The number of carbonyl (C=O) groups is 2. The number of nitrogens with one attached hydrogen (secondary N) is 1. The molecule has 1 N–H and O–H groups in total. The van der Waals surface area contributed by atoms with E-state index in [1.165, 1.54) is 11.3 Å². The molecule has 0 saturated carbocycles. The Kier molecular flexibility index (Phi) is 16.5. The molecule has 7 heteroatoms. The number of hydrogen-bond donors (Lipinski definition) is 1. The quantitative estimate of drug-likeness (QED) is 0.332. The first-order valence-corrected chi connectivity index (χ1v) is 12.6. The summed E-state index contributed by atoms with van der Waals surface area (Å²) in [6.07, 6.45) is 0.0290. The van der Waals surface area contributed by atoms with E-state index in [2.05, 4.69) is 5.32 Å². The summed E-state index contributed by atoms with van der Waals surface area (Å²) in [5, 5.41) is 6.56. The van der Waals surface area contributed by atoms with Crippen LogP contribution in [0.1, 0.15) is 50.5 Å². The fraction of sp³-hybridized carbons (Fsp3) is 0.357. The maximum atomic E-state index is 12.4. The zero-order valence-electron chi connectivity index (χ0n) is 21.6. The monoisotopic (exact) mass is 521 g/mol. The Hall–Kier alpha value is -2.54. The number of ether oxygens (including phenoxy) is 1. The van der Waals surface area contributed by atoms with Gasteiger partial charge in [0.15, 0.2) is 18.7 Å². The highest BCUT2D eigenvalue weighted by Gasteiger charge is 2.11. The molecule has 4 nitrogen and oxygen atoms in total. The van der Waals surface area contributed by atoms with Crippen LogP contribution in [0.25, 0.3) is 11.1 Å². The van der Waals surface area contributed by atoms with Gasteiger partial charge in [-0.3, -0.25) is 4.79 Å². The van der Waals surface area contributed by atoms with Crippen molar-refractivity contribution in [3.63, 3.8) is 0 Å². The van der Waals surface area contributed by atoms with E-state index in [1.807, 2.05) is 89.5 Å². The molecule has 0 spiro atoms. The van der Waals surface area contributed by atoms with Crippen LogP contribution in [-0.2, 0) is 16.0 Å². The highest BCUT2D eigenvalue weighted by Crippen LogP contribution is 2.34. The molecule has 1 heterocycles. The van der Waals surface area contributed by atoms with Gasteiger partial charge >= 0.3 is 0 Å². The van der Waals surface area contributed by atoms with Crippen LogP contribution >= 0.6 is 22.9 Å². The Morgan fingerprint density at radius 2 is 1.60 bits per heavy atom. The van der Waals surface area contributed by atoms with Gasteiger partial charge in [0.1, 0.15) is 0 Å². The third kappa shape index (κ3) is 13.2. The summed E-state index contributed by atoms with van der Waals surface area (Å²) in [5.41, 5.74) is 3.55. The topological polar surface area (TPSA) is 55.4 Å². The average Bonchev–Trinajstić information content (AvgIpc) is 3.30. The van der Waals surface area contributed by atoms with Crippen LogP contribution in [0.15, 0.2) is 60.0 Å². The maximum Gasteiger partial charge on any atom is 0.159 e. The first kappa shape index (κ1) is 32.5. The Balaban J connectivity index is 0.000000529. The third-order valence-corrected chi connectivity index (χ3v) is 5.63. The van der Waals surface area contributed by atoms with Crippen molar-refractivity contribution in [2.24, 2.45) is 0 Å². The molecule has 3 aromatic rings. The lowest BCUT2D eigenvalue weighted by atomic mass is 10.1. The Labute approximate surface area is 218 Å². The van der Waals surface area contributed by atoms with Crippen LogP contribution in [0, 0.1) is 0 Å². The second-order valence-corrected chi connectivity index (χ2v) is 9.24. The van der Waals surface area contributed by atoms with Gasteiger partial charge in [0.2, 0.25) is 0 Å². The van der Waals surface area contributed by atoms with Crippen LogP contribution in [0.3, 0.4) is 0 Å². The molecule has 0 saturated heterocycles. The number of thiophene rings is 1. The molecule has 0 bridgehead atoms. The van der Waals surface area contributed by atoms with Gasteiger partial charge in [-0.05, 0) is 44.0 Å². The van der Waals surface area contributed by atoms with Crippen LogP contribution < -0.4 is 5.32 Å². The zero-order valence-corrected chi connectivity index (χ0v) is 23.2. The van der Waals surface area contributed by atoms with Crippen molar-refractivity contribution >= 4 is 40.5 Å². The first-order chi connectivity index (χ1) is 16.6. The van der Waals surface area contributed by atoms with E-state index < -0.39 is 6.17 Å². The van der Waals surface area contributed by atoms with E-state index in [-0.39, 0.29) is 12.0 Å². The summed E-state index contributed by atoms with van der Waals surface area (Å²) in [4.78, 5) is 21.0. The molecule has 0 aliphatic carbocycles. The van der Waals surface area contributed by atoms with E-state index in [1.54, 1.807) is 19.2 Å². The number of rotatable bonds is 6. The average molecular weight is 522 g/mol. The third-order valence-electron chi connectivity index (χ3n) is 4.36. The second kappa shape index (κ2) is 17.8. The minimum absolute atomic E-state index is 0.0417. The molecule has 0 radical (unpaired) electrons. The van der Waals surface area contributed by atoms with E-state index >= 15 is 0 Å². The summed E-state index contributed by atoms with van der Waals surface area (Å²) < 4.78 is 17.4. The van der Waals surface area contributed by atoms with Gasteiger partial charge in [0, 0.05) is 36.5 Å². The van der Waals surface area contributed by atoms with Gasteiger partial charge < -0.3 is 14.8 Å². The molecular weight excluding hydrogens is 485 g/mol. The van der Waals surface area contributed by atoms with E-state index in [0.717, 1.165) is 28.0 Å². The Morgan fingerprint density at radius 1 is 1.06 bits per heavy atom. The van der Waals surface area contributed by atoms with Gasteiger partial charge in [-0.2, -0.15) is 0 Å². The van der Waals surface area contributed by atoms with Gasteiger partial charge in [-0.25, -0.2) is 4.39 Å². The van der Waals surface area contributed by atoms with Gasteiger partial charge in [0.05, 0.1) is 16.2 Å². The normalized spacial score (nSPS) is 10.8. The molecule has 0 aliphatic rings. The molecule has 1 unspecified atom stereocenters. The fourth-order valence-corrected chi connectivity index (χ4v) is 3.45. The van der Waals surface area contributed by atoms with Crippen molar-refractivity contribution in [1.29, 1.82) is 0 Å². The van der Waals surface area contributed by atoms with Crippen molar-refractivity contribution in [2.45, 2.75) is 52.8 Å². The molecule has 0 aliphatic heterocycles. The predicted octanol–water partition coefficient (Wildman–Crippen LogP) is 8.15. The fourth-order valence-electron chi connectivity index (χ4n) is 2.42. The van der Waals surface area contributed by atoms with Gasteiger partial charge in [-0.1, -0.05) is 67.9 Å². The number of alkyl halides is 1. The highest BCUT2D eigenvalue weighted by atomic mass is 35.5. The summed E-state index contributed by atoms with van der Waals surface area (Å²) in [6.45, 7) is 10.1. The Morgan fingerprint density at radius 3 is 2.03 bits per heavy atom. The van der Waals surface area contributed by atoms with E-state index in [0.29, 0.717) is 16.9 Å². The lowest BCUT2D eigenvalue weighted by molar-refractivity contribution is -0.111. The maximum absolute atomic E-state index is 12.4. The molecule has 0 fully saturated rings. The summed E-state index contributed by atoms with van der Waals surface area (Å²) in [5.74, 6) is 0. The minimum atomic E-state index is -1.36. The van der Waals surface area contributed by atoms with Crippen LogP contribution in [-0.4, -0.2) is 38.5 Å². The summed E-state index contributed by atoms with van der Waals surface area (Å²) in [7, 11) is 3.52. The molecule has 0 amide bonds. The van der Waals surface area contributed by atoms with E-state index in [9.17, 15) is 14.0 Å². The Bertz CT molecular complexity index is 970. The van der Waals surface area contributed by atoms with Crippen LogP contribution in [0.4, 0.5) is 9.39 Å². The number of aldehydes is 2. The van der Waals surface area contributed by atoms with Gasteiger partial charge in [0.25, 0.3) is 0 Å². The van der Waals surface area contributed by atoms with Crippen molar-refractivity contribution in [2.75, 3.05) is 19.5 Å². The van der Waals surface area contributed by atoms with Crippen LogP contribution in [0.2, 0.25) is 5.02 Å². The van der Waals surface area contributed by atoms with E-state index in [4.69, 9.17) is 16.3 Å². The minimum Gasteiger partial charge on any atom is -0.379 e. The standard InChI is InChI=1S/C12H10ClNOS.C9H9FO.C5H12O.C2H6/c1-14-12-10(6-15)11(7-16-12)8-2-4-9(13)5-3-8;10-9(7-11)6-8-4-2-1-3-5-8;1-5(2,3)6-4;1-2/h2-7,14H,1H3;1-5,7,9H,6H2;1-4H3;1-2H3. The van der Waals surface area contributed by atoms with Crippen LogP contribution in [0.5, 0.6) is 0 Å². The molecule has 1 atom stereocenters. The number of hydrogen-bond acceptors (Lipinski definition) is 5. The molecule has 3 rings (SSSR count). The molecular formula is C28H37ClFNO3S. The zero-order chi connectivity index (χ0) is 26.9. The second-order valence-electron chi connectivity index (χ2n) is 7.93. The van der Waals surface area contributed by atoms with Crippen molar-refractivity contribution < 1.29 is 18.7 Å². The number of halogens is 2. The largest absolute Gasteiger partial charge is 0.379 e. The first-order valence-electron chi connectivity index (χ1n) is 11.3. The molecule has 35 heavy (non-hydrogen) atoms. The van der Waals surface area contributed by atoms with Gasteiger partial charge in [-0.15, -0.1) is 11.3 Å². The number of benzene rings is 2. The number of anilines is 1. The number of carbonyl (C=O) groups excluding carboxylic acids is 2. The lowest BCUT2D eigenvalue weighted by Crippen LogP contribution is -2.15. The predicted molar refractivity (Wildman–Crippen MR) is 149 cm³/mol.